The first kappa shape index (κ1) is 32.4. The van der Waals surface area contributed by atoms with Crippen molar-refractivity contribution in [3.05, 3.63) is 75.4 Å². The number of carbonyl (C=O) groups excluding carboxylic acids is 2. The van der Waals surface area contributed by atoms with Crippen LogP contribution in [0.3, 0.4) is 0 Å². The zero-order chi connectivity index (χ0) is 31.5. The number of rotatable bonds is 10. The Morgan fingerprint density at radius 2 is 1.86 bits per heavy atom. The molecule has 0 aliphatic carbocycles. The number of benzene rings is 1. The average molecular weight is 618 g/mol. The molecule has 1 atom stereocenters. The summed E-state index contributed by atoms with van der Waals surface area (Å²) in [6.45, 7) is 9.29. The predicted molar refractivity (Wildman–Crippen MR) is 163 cm³/mol. The molecule has 3 N–H and O–H groups in total. The lowest BCUT2D eigenvalue weighted by Gasteiger charge is -2.36. The number of piperidine rings is 1. The van der Waals surface area contributed by atoms with Crippen LogP contribution in [0.5, 0.6) is 0 Å². The number of hydrogen-bond donors (Lipinski definition) is 3. The van der Waals surface area contributed by atoms with Gasteiger partial charge >= 0.3 is 6.18 Å². The molecule has 1 aliphatic heterocycles. The van der Waals surface area contributed by atoms with Gasteiger partial charge in [-0.15, -0.1) is 11.8 Å². The number of nitrogens with one attached hydrogen (secondary N) is 3. The van der Waals surface area contributed by atoms with Crippen LogP contribution in [0.15, 0.2) is 46.6 Å². The number of likely N-dealkylation sites (tertiary alicyclic amines) is 1. The van der Waals surface area contributed by atoms with Crippen molar-refractivity contribution in [2.24, 2.45) is 5.92 Å². The largest absolute Gasteiger partial charge is 0.401 e. The molecule has 8 nitrogen and oxygen atoms in total. The number of aromatic amines is 1. The van der Waals surface area contributed by atoms with E-state index in [0.29, 0.717) is 42.4 Å². The zero-order valence-corrected chi connectivity index (χ0v) is 25.7. The Morgan fingerprint density at radius 3 is 2.49 bits per heavy atom. The van der Waals surface area contributed by atoms with Gasteiger partial charge in [-0.2, -0.15) is 13.2 Å². The van der Waals surface area contributed by atoms with E-state index in [2.05, 4.69) is 26.8 Å². The Kier molecular flexibility index (Phi) is 10.1. The van der Waals surface area contributed by atoms with Crippen LogP contribution in [0.2, 0.25) is 0 Å². The lowest BCUT2D eigenvalue weighted by atomic mass is 9.90. The van der Waals surface area contributed by atoms with E-state index >= 15 is 0 Å². The minimum absolute atomic E-state index is 0.0407. The molecule has 1 fully saturated rings. The highest BCUT2D eigenvalue weighted by molar-refractivity contribution is 7.98. The number of aryl methyl sites for hydroxylation is 1. The Bertz CT molecular complexity index is 1570. The number of nitrogens with zero attached hydrogens (tertiary/aromatic N) is 2. The van der Waals surface area contributed by atoms with E-state index in [1.165, 1.54) is 22.7 Å². The Morgan fingerprint density at radius 1 is 1.16 bits per heavy atom. The summed E-state index contributed by atoms with van der Waals surface area (Å²) in [5, 5.41) is 6.40. The lowest BCUT2D eigenvalue weighted by Crippen LogP contribution is -2.41. The second-order valence-electron chi connectivity index (χ2n) is 11.1. The van der Waals surface area contributed by atoms with Crippen LogP contribution in [0, 0.1) is 19.8 Å². The summed E-state index contributed by atoms with van der Waals surface area (Å²) in [7, 11) is 0. The second-order valence-corrected chi connectivity index (χ2v) is 11.9. The molecule has 2 aromatic heterocycles. The standard InChI is InChI=1S/C31H38F3N5O3S/c1-6-27(40)35-15-21-7-8-25-23(14-21)28(30(42)36-16-24-26(43-5)13-18(2)37-29(24)41)20(4)39(25)19(3)22-9-11-38(12-10-22)17-31(32,33)34/h6-8,13-14,19,22H,1,9-12,15-17H2,2-5H3,(H,35,40)(H,36,42)(H,37,41). The van der Waals surface area contributed by atoms with Crippen molar-refractivity contribution in [2.45, 2.75) is 63.8 Å². The monoisotopic (exact) mass is 617 g/mol. The van der Waals surface area contributed by atoms with Gasteiger partial charge in [0.15, 0.2) is 0 Å². The molecule has 0 radical (unpaired) electrons. The van der Waals surface area contributed by atoms with Crippen molar-refractivity contribution in [1.82, 2.24) is 25.1 Å². The highest BCUT2D eigenvalue weighted by atomic mass is 32.2. The molecular formula is C31H38F3N5O3S. The predicted octanol–water partition coefficient (Wildman–Crippen LogP) is 5.24. The summed E-state index contributed by atoms with van der Waals surface area (Å²) in [6.07, 6.45) is 0.0551. The number of amides is 2. The van der Waals surface area contributed by atoms with Gasteiger partial charge in [0.2, 0.25) is 5.91 Å². The maximum absolute atomic E-state index is 13.8. The third kappa shape index (κ3) is 7.53. The van der Waals surface area contributed by atoms with E-state index in [0.717, 1.165) is 27.4 Å². The van der Waals surface area contributed by atoms with Crippen LogP contribution in [0.1, 0.15) is 58.7 Å². The van der Waals surface area contributed by atoms with E-state index in [4.69, 9.17) is 0 Å². The van der Waals surface area contributed by atoms with Gasteiger partial charge in [0.1, 0.15) is 0 Å². The van der Waals surface area contributed by atoms with E-state index in [9.17, 15) is 27.6 Å². The fraction of sp³-hybridized carbons (Fsp3) is 0.452. The van der Waals surface area contributed by atoms with Crippen LogP contribution in [-0.4, -0.2) is 58.3 Å². The number of H-pyrrole nitrogens is 1. The van der Waals surface area contributed by atoms with Crippen LogP contribution in [-0.2, 0) is 17.9 Å². The summed E-state index contributed by atoms with van der Waals surface area (Å²) < 4.78 is 40.9. The van der Waals surface area contributed by atoms with E-state index < -0.39 is 12.7 Å². The first-order valence-electron chi connectivity index (χ1n) is 14.2. The fourth-order valence-electron chi connectivity index (χ4n) is 6.02. The molecule has 1 aromatic carbocycles. The topological polar surface area (TPSA) is 99.2 Å². The second kappa shape index (κ2) is 13.4. The molecule has 12 heteroatoms. The molecule has 0 bridgehead atoms. The minimum atomic E-state index is -4.23. The smallest absolute Gasteiger partial charge is 0.348 e. The van der Waals surface area contributed by atoms with Crippen molar-refractivity contribution < 1.29 is 22.8 Å². The number of hydrogen-bond acceptors (Lipinski definition) is 5. The molecule has 3 heterocycles. The molecule has 4 rings (SSSR count). The van der Waals surface area contributed by atoms with Gasteiger partial charge in [-0.25, -0.2) is 0 Å². The number of halogens is 3. The molecule has 43 heavy (non-hydrogen) atoms. The van der Waals surface area contributed by atoms with Gasteiger partial charge in [0.25, 0.3) is 11.5 Å². The van der Waals surface area contributed by atoms with Gasteiger partial charge in [-0.05, 0) is 88.7 Å². The number of fused-ring (bicyclic) bond motifs is 1. The van der Waals surface area contributed by atoms with Crippen molar-refractivity contribution in [2.75, 3.05) is 25.9 Å². The Labute approximate surface area is 253 Å². The highest BCUT2D eigenvalue weighted by Crippen LogP contribution is 2.36. The molecule has 2 amide bonds. The first-order valence-corrected chi connectivity index (χ1v) is 15.4. The lowest BCUT2D eigenvalue weighted by molar-refractivity contribution is -0.149. The number of aromatic nitrogens is 2. The number of thioether (sulfide) groups is 1. The van der Waals surface area contributed by atoms with E-state index in [-0.39, 0.29) is 42.4 Å². The van der Waals surface area contributed by atoms with Crippen LogP contribution in [0.25, 0.3) is 10.9 Å². The summed E-state index contributed by atoms with van der Waals surface area (Å²) in [5.41, 5.74) is 3.76. The quantitative estimate of drug-likeness (QED) is 0.214. The molecule has 232 valence electrons. The fourth-order valence-corrected chi connectivity index (χ4v) is 6.73. The van der Waals surface area contributed by atoms with E-state index in [1.807, 2.05) is 44.4 Å². The Hall–Kier alpha value is -3.51. The number of pyridine rings is 1. The molecule has 1 saturated heterocycles. The third-order valence-electron chi connectivity index (χ3n) is 8.19. The summed E-state index contributed by atoms with van der Waals surface area (Å²) >= 11 is 1.43. The molecule has 3 aromatic rings. The SMILES string of the molecule is C=CC(=O)NCc1ccc2c(c1)c(C(=O)NCc1c(SC)cc(C)[nH]c1=O)c(C)n2C(C)C1CCN(CC(F)(F)F)CC1. The van der Waals surface area contributed by atoms with Gasteiger partial charge in [0, 0.05) is 51.9 Å². The summed E-state index contributed by atoms with van der Waals surface area (Å²) in [4.78, 5) is 43.3. The maximum Gasteiger partial charge on any atom is 0.401 e. The minimum Gasteiger partial charge on any atom is -0.348 e. The van der Waals surface area contributed by atoms with E-state index in [1.54, 1.807) is 6.92 Å². The molecule has 1 unspecified atom stereocenters. The van der Waals surface area contributed by atoms with Gasteiger partial charge in [-0.3, -0.25) is 19.3 Å². The number of alkyl halides is 3. The average Bonchev–Trinajstić information content (AvgIpc) is 3.24. The Balaban J connectivity index is 1.67. The van der Waals surface area contributed by atoms with Gasteiger partial charge in [-0.1, -0.05) is 12.6 Å². The summed E-state index contributed by atoms with van der Waals surface area (Å²) in [5.74, 6) is -0.533. The maximum atomic E-state index is 13.8. The molecule has 1 aliphatic rings. The van der Waals surface area contributed by atoms with Crippen molar-refractivity contribution in [3.63, 3.8) is 0 Å². The molecule has 0 saturated carbocycles. The molecule has 0 spiro atoms. The normalized spacial score (nSPS) is 15.4. The first-order chi connectivity index (χ1) is 20.3. The van der Waals surface area contributed by atoms with Crippen molar-refractivity contribution >= 4 is 34.5 Å². The zero-order valence-electron chi connectivity index (χ0n) is 24.9. The number of carbonyl (C=O) groups is 2. The highest BCUT2D eigenvalue weighted by Gasteiger charge is 2.34. The van der Waals surface area contributed by atoms with Crippen LogP contribution in [0.4, 0.5) is 13.2 Å². The third-order valence-corrected chi connectivity index (χ3v) is 9.00. The molecular weight excluding hydrogens is 579 g/mol. The van der Waals surface area contributed by atoms with Gasteiger partial charge in [0.05, 0.1) is 12.1 Å². The van der Waals surface area contributed by atoms with Crippen molar-refractivity contribution in [1.29, 1.82) is 0 Å². The van der Waals surface area contributed by atoms with Gasteiger partial charge < -0.3 is 20.2 Å². The van der Waals surface area contributed by atoms with Crippen molar-refractivity contribution in [3.8, 4) is 0 Å². The van der Waals surface area contributed by atoms with Crippen LogP contribution >= 0.6 is 11.8 Å². The van der Waals surface area contributed by atoms with Crippen LogP contribution < -0.4 is 16.2 Å². The summed E-state index contributed by atoms with van der Waals surface area (Å²) in [6, 6.07) is 7.48.